The zero-order valence-corrected chi connectivity index (χ0v) is 13.7. The molecule has 0 aliphatic heterocycles. The van der Waals surface area contributed by atoms with Crippen molar-refractivity contribution in [3.63, 3.8) is 0 Å². The molecule has 2 rings (SSSR count). The second-order valence-corrected chi connectivity index (χ2v) is 6.44. The minimum Gasteiger partial charge on any atom is -0.166 e. The van der Waals surface area contributed by atoms with E-state index in [1.807, 2.05) is 0 Å². The van der Waals surface area contributed by atoms with Gasteiger partial charge in [-0.15, -0.1) is 11.8 Å². The van der Waals surface area contributed by atoms with E-state index in [-0.39, 0.29) is 10.6 Å². The van der Waals surface area contributed by atoms with Crippen LogP contribution in [0.5, 0.6) is 0 Å². The minimum atomic E-state index is -4.87. The molecule has 0 atom stereocenters. The Morgan fingerprint density at radius 1 is 0.826 bits per heavy atom. The van der Waals surface area contributed by atoms with Crippen molar-refractivity contribution in [2.75, 3.05) is 0 Å². The Morgan fingerprint density at radius 3 is 1.74 bits per heavy atom. The Bertz CT molecular complexity index is 644. The maximum atomic E-state index is 13.0. The van der Waals surface area contributed by atoms with Crippen molar-refractivity contribution in [3.8, 4) is 0 Å². The fourth-order valence-electron chi connectivity index (χ4n) is 1.83. The summed E-state index contributed by atoms with van der Waals surface area (Å²) in [6.07, 6.45) is -9.75. The maximum Gasteiger partial charge on any atom is 0.417 e. The average molecular weight is 415 g/mol. The molecule has 0 spiro atoms. The second kappa shape index (κ2) is 6.76. The van der Waals surface area contributed by atoms with Crippen LogP contribution in [0.25, 0.3) is 0 Å². The molecule has 0 saturated heterocycles. The molecule has 0 radical (unpaired) electrons. The predicted molar refractivity (Wildman–Crippen MR) is 80.1 cm³/mol. The highest BCUT2D eigenvalue weighted by Gasteiger charge is 2.40. The fraction of sp³-hybridized carbons (Fsp3) is 0.200. The summed E-state index contributed by atoms with van der Waals surface area (Å²) in [7, 11) is 0. The van der Waals surface area contributed by atoms with Gasteiger partial charge in [-0.2, -0.15) is 26.3 Å². The van der Waals surface area contributed by atoms with E-state index in [9.17, 15) is 26.3 Å². The SMILES string of the molecule is FC(F)(F)c1cc(SCc2ccccc2)cc(C(F)(F)F)c1Br. The molecule has 0 saturated carbocycles. The van der Waals surface area contributed by atoms with Crippen molar-refractivity contribution in [1.82, 2.24) is 0 Å². The zero-order chi connectivity index (χ0) is 17.3. The lowest BCUT2D eigenvalue weighted by Gasteiger charge is -2.17. The summed E-state index contributed by atoms with van der Waals surface area (Å²) in [5.74, 6) is 0.275. The van der Waals surface area contributed by atoms with Gasteiger partial charge in [-0.1, -0.05) is 30.3 Å². The predicted octanol–water partition coefficient (Wildman–Crippen LogP) is 6.78. The van der Waals surface area contributed by atoms with E-state index >= 15 is 0 Å². The Kier molecular flexibility index (Phi) is 5.35. The molecule has 0 bridgehead atoms. The van der Waals surface area contributed by atoms with E-state index < -0.39 is 28.0 Å². The maximum absolute atomic E-state index is 13.0. The third kappa shape index (κ3) is 4.67. The molecule has 124 valence electrons. The van der Waals surface area contributed by atoms with Crippen LogP contribution < -0.4 is 0 Å². The van der Waals surface area contributed by atoms with E-state index in [0.29, 0.717) is 0 Å². The first-order valence-corrected chi connectivity index (χ1v) is 8.01. The average Bonchev–Trinajstić information content (AvgIpc) is 2.44. The highest BCUT2D eigenvalue weighted by Crippen LogP contribution is 2.44. The van der Waals surface area contributed by atoms with Gasteiger partial charge >= 0.3 is 12.4 Å². The smallest absolute Gasteiger partial charge is 0.166 e. The zero-order valence-electron chi connectivity index (χ0n) is 11.3. The van der Waals surface area contributed by atoms with Crippen LogP contribution in [0.3, 0.4) is 0 Å². The molecule has 0 nitrogen and oxygen atoms in total. The van der Waals surface area contributed by atoms with Gasteiger partial charge in [0, 0.05) is 15.1 Å². The lowest BCUT2D eigenvalue weighted by molar-refractivity contribution is -0.144. The van der Waals surface area contributed by atoms with Crippen LogP contribution in [0.4, 0.5) is 26.3 Å². The summed E-state index contributed by atoms with van der Waals surface area (Å²) in [6, 6.07) is 10.2. The van der Waals surface area contributed by atoms with Gasteiger partial charge in [0.1, 0.15) is 0 Å². The van der Waals surface area contributed by atoms with Crippen LogP contribution in [-0.4, -0.2) is 0 Å². The van der Waals surface area contributed by atoms with Crippen molar-refractivity contribution >= 4 is 27.7 Å². The van der Waals surface area contributed by atoms with Crippen molar-refractivity contribution in [2.24, 2.45) is 0 Å². The molecular formula is C15H9BrF6S. The Labute approximate surface area is 141 Å². The lowest BCUT2D eigenvalue weighted by Crippen LogP contribution is -2.13. The van der Waals surface area contributed by atoms with Crippen LogP contribution in [0, 0.1) is 0 Å². The number of thioether (sulfide) groups is 1. The Hall–Kier alpha value is -1.15. The van der Waals surface area contributed by atoms with Gasteiger partial charge in [-0.25, -0.2) is 0 Å². The highest BCUT2D eigenvalue weighted by atomic mass is 79.9. The van der Waals surface area contributed by atoms with Crippen LogP contribution in [0.1, 0.15) is 16.7 Å². The Morgan fingerprint density at radius 2 is 1.30 bits per heavy atom. The first kappa shape index (κ1) is 18.2. The van der Waals surface area contributed by atoms with Crippen LogP contribution >= 0.6 is 27.7 Å². The molecule has 0 aliphatic rings. The summed E-state index contributed by atoms with van der Waals surface area (Å²) < 4.78 is 76.7. The number of rotatable bonds is 3. The molecule has 0 amide bonds. The van der Waals surface area contributed by atoms with E-state index in [4.69, 9.17) is 0 Å². The summed E-state index contributed by atoms with van der Waals surface area (Å²) in [5.41, 5.74) is -1.85. The fourth-order valence-corrected chi connectivity index (χ4v) is 3.44. The molecule has 0 unspecified atom stereocenters. The summed E-state index contributed by atoms with van der Waals surface area (Å²) >= 11 is 3.36. The van der Waals surface area contributed by atoms with Crippen LogP contribution in [0.15, 0.2) is 51.8 Å². The van der Waals surface area contributed by atoms with Crippen molar-refractivity contribution < 1.29 is 26.3 Å². The van der Waals surface area contributed by atoms with Gasteiger partial charge in [0.25, 0.3) is 0 Å². The van der Waals surface area contributed by atoms with Crippen molar-refractivity contribution in [2.45, 2.75) is 23.0 Å². The van der Waals surface area contributed by atoms with Gasteiger partial charge < -0.3 is 0 Å². The number of halogens is 7. The van der Waals surface area contributed by atoms with Gasteiger partial charge in [-0.3, -0.25) is 0 Å². The van der Waals surface area contributed by atoms with E-state index in [2.05, 4.69) is 15.9 Å². The monoisotopic (exact) mass is 414 g/mol. The molecule has 0 aromatic heterocycles. The minimum absolute atomic E-state index is 0.0864. The lowest BCUT2D eigenvalue weighted by atomic mass is 10.1. The third-order valence-electron chi connectivity index (χ3n) is 2.91. The van der Waals surface area contributed by atoms with Crippen molar-refractivity contribution in [3.05, 3.63) is 63.6 Å². The Balaban J connectivity index is 2.40. The third-order valence-corrected chi connectivity index (χ3v) is 4.81. The van der Waals surface area contributed by atoms with Gasteiger partial charge in [0.2, 0.25) is 0 Å². The van der Waals surface area contributed by atoms with E-state index in [1.165, 1.54) is 0 Å². The molecular weight excluding hydrogens is 406 g/mol. The summed E-state index contributed by atoms with van der Waals surface area (Å²) in [4.78, 5) is -0.0864. The number of hydrogen-bond donors (Lipinski definition) is 0. The molecule has 23 heavy (non-hydrogen) atoms. The summed E-state index contributed by atoms with van der Waals surface area (Å²) in [5, 5.41) is 0. The quantitative estimate of drug-likeness (QED) is 0.394. The summed E-state index contributed by atoms with van der Waals surface area (Å²) in [6.45, 7) is 0. The molecule has 0 aliphatic carbocycles. The number of alkyl halides is 6. The standard InChI is InChI=1S/C15H9BrF6S/c16-13-11(14(17,18)19)6-10(7-12(13)15(20,21)22)23-8-9-4-2-1-3-5-9/h1-7H,8H2. The molecule has 8 heteroatoms. The molecule has 2 aromatic rings. The molecule has 0 heterocycles. The van der Waals surface area contributed by atoms with Gasteiger partial charge in [0.15, 0.2) is 0 Å². The molecule has 0 fully saturated rings. The van der Waals surface area contributed by atoms with E-state index in [0.717, 1.165) is 29.5 Å². The second-order valence-electron chi connectivity index (χ2n) is 4.60. The van der Waals surface area contributed by atoms with Gasteiger partial charge in [0.05, 0.1) is 11.1 Å². The number of hydrogen-bond acceptors (Lipinski definition) is 1. The van der Waals surface area contributed by atoms with E-state index in [1.54, 1.807) is 30.3 Å². The topological polar surface area (TPSA) is 0 Å². The van der Waals surface area contributed by atoms with Gasteiger partial charge in [-0.05, 0) is 33.6 Å². The van der Waals surface area contributed by atoms with Crippen LogP contribution in [0.2, 0.25) is 0 Å². The molecule has 2 aromatic carbocycles. The first-order valence-electron chi connectivity index (χ1n) is 6.23. The van der Waals surface area contributed by atoms with Crippen LogP contribution in [-0.2, 0) is 18.1 Å². The highest BCUT2D eigenvalue weighted by molar-refractivity contribution is 9.10. The van der Waals surface area contributed by atoms with Crippen molar-refractivity contribution in [1.29, 1.82) is 0 Å². The normalized spacial score (nSPS) is 12.5. The largest absolute Gasteiger partial charge is 0.417 e. The first-order chi connectivity index (χ1) is 10.6. The molecule has 0 N–H and O–H groups in total. The number of benzene rings is 2.